The Morgan fingerprint density at radius 1 is 1.29 bits per heavy atom. The summed E-state index contributed by atoms with van der Waals surface area (Å²) in [4.78, 5) is 16.0. The number of fused-ring (bicyclic) bond motifs is 1. The number of hydrogen-bond donors (Lipinski definition) is 2. The van der Waals surface area contributed by atoms with Crippen LogP contribution >= 0.6 is 0 Å². The lowest BCUT2D eigenvalue weighted by atomic mass is 9.95. The largest absolute Gasteiger partial charge is 0.496 e. The van der Waals surface area contributed by atoms with Gasteiger partial charge in [0.1, 0.15) is 5.75 Å². The number of carbonyl (C=O) groups excluding carboxylic acids is 1. The second kappa shape index (κ2) is 5.80. The van der Waals surface area contributed by atoms with Crippen molar-refractivity contribution in [3.05, 3.63) is 29.5 Å². The first-order chi connectivity index (χ1) is 10.2. The zero-order valence-corrected chi connectivity index (χ0v) is 12.7. The Bertz CT molecular complexity index is 654. The van der Waals surface area contributed by atoms with E-state index >= 15 is 0 Å². The minimum atomic E-state index is 0.00940. The van der Waals surface area contributed by atoms with E-state index in [1.807, 2.05) is 25.1 Å². The van der Waals surface area contributed by atoms with Crippen molar-refractivity contribution in [1.82, 2.24) is 10.3 Å². The number of aromatic amines is 1. The van der Waals surface area contributed by atoms with E-state index in [1.165, 1.54) is 19.3 Å². The predicted molar refractivity (Wildman–Crippen MR) is 83.9 cm³/mol. The standard InChI is InChI=1S/C17H22N2O2/c1-11-15(17(20)19-12-7-4-3-5-8-12)16-13(18-11)9-6-10-14(16)21-2/h6,9-10,12,18H,3-5,7-8H2,1-2H3,(H,19,20). The first-order valence-corrected chi connectivity index (χ1v) is 7.67. The number of carbonyl (C=O) groups is 1. The molecule has 1 amide bonds. The molecule has 2 N–H and O–H groups in total. The lowest BCUT2D eigenvalue weighted by molar-refractivity contribution is 0.0928. The first kappa shape index (κ1) is 14.0. The number of hydrogen-bond acceptors (Lipinski definition) is 2. The molecule has 0 atom stereocenters. The van der Waals surface area contributed by atoms with Crippen molar-refractivity contribution in [2.45, 2.75) is 45.1 Å². The van der Waals surface area contributed by atoms with Gasteiger partial charge in [0.15, 0.2) is 0 Å². The molecule has 1 aliphatic rings. The van der Waals surface area contributed by atoms with Crippen LogP contribution in [0.4, 0.5) is 0 Å². The maximum atomic E-state index is 12.7. The minimum Gasteiger partial charge on any atom is -0.496 e. The van der Waals surface area contributed by atoms with E-state index in [9.17, 15) is 4.79 Å². The molecule has 2 aromatic rings. The summed E-state index contributed by atoms with van der Waals surface area (Å²) < 4.78 is 5.42. The number of methoxy groups -OCH3 is 1. The molecule has 4 nitrogen and oxygen atoms in total. The van der Waals surface area contributed by atoms with Gasteiger partial charge in [0.25, 0.3) is 5.91 Å². The van der Waals surface area contributed by atoms with E-state index in [0.29, 0.717) is 11.6 Å². The Morgan fingerprint density at radius 2 is 2.05 bits per heavy atom. The molecule has 1 saturated carbocycles. The van der Waals surface area contributed by atoms with E-state index in [0.717, 1.165) is 35.2 Å². The lowest BCUT2D eigenvalue weighted by Gasteiger charge is -2.22. The minimum absolute atomic E-state index is 0.00940. The molecule has 0 spiro atoms. The van der Waals surface area contributed by atoms with Crippen LogP contribution in [0.2, 0.25) is 0 Å². The molecule has 0 bridgehead atoms. The molecule has 0 aliphatic heterocycles. The van der Waals surface area contributed by atoms with Gasteiger partial charge in [0.2, 0.25) is 0 Å². The number of H-pyrrole nitrogens is 1. The fourth-order valence-electron chi connectivity index (χ4n) is 3.30. The Balaban J connectivity index is 1.95. The van der Waals surface area contributed by atoms with Crippen LogP contribution in [0.15, 0.2) is 18.2 Å². The van der Waals surface area contributed by atoms with Gasteiger partial charge >= 0.3 is 0 Å². The number of benzene rings is 1. The van der Waals surface area contributed by atoms with Crippen molar-refractivity contribution in [3.8, 4) is 5.75 Å². The quantitative estimate of drug-likeness (QED) is 0.906. The van der Waals surface area contributed by atoms with E-state index in [1.54, 1.807) is 7.11 Å². The van der Waals surface area contributed by atoms with Gasteiger partial charge in [-0.3, -0.25) is 4.79 Å². The second-order valence-electron chi connectivity index (χ2n) is 5.82. The molecule has 1 aliphatic carbocycles. The summed E-state index contributed by atoms with van der Waals surface area (Å²) in [5.74, 6) is 0.751. The molecule has 4 heteroatoms. The molecule has 3 rings (SSSR count). The highest BCUT2D eigenvalue weighted by atomic mass is 16.5. The van der Waals surface area contributed by atoms with Crippen LogP contribution in [0.1, 0.15) is 48.2 Å². The van der Waals surface area contributed by atoms with Crippen LogP contribution < -0.4 is 10.1 Å². The number of rotatable bonds is 3. The molecule has 0 saturated heterocycles. The third kappa shape index (κ3) is 2.62. The van der Waals surface area contributed by atoms with Crippen molar-refractivity contribution in [2.24, 2.45) is 0 Å². The summed E-state index contributed by atoms with van der Waals surface area (Å²) in [5.41, 5.74) is 2.55. The number of amides is 1. The van der Waals surface area contributed by atoms with Crippen molar-refractivity contribution >= 4 is 16.8 Å². The zero-order valence-electron chi connectivity index (χ0n) is 12.7. The van der Waals surface area contributed by atoms with Crippen molar-refractivity contribution in [1.29, 1.82) is 0 Å². The smallest absolute Gasteiger partial charge is 0.254 e. The van der Waals surface area contributed by atoms with E-state index in [2.05, 4.69) is 10.3 Å². The van der Waals surface area contributed by atoms with Crippen LogP contribution in [0.3, 0.4) is 0 Å². The molecule has 112 valence electrons. The SMILES string of the molecule is COc1cccc2[nH]c(C)c(C(=O)NC3CCCCC3)c12. The molecular formula is C17H22N2O2. The Kier molecular flexibility index (Phi) is 3.86. The van der Waals surface area contributed by atoms with Crippen LogP contribution in [0.5, 0.6) is 5.75 Å². The van der Waals surface area contributed by atoms with Gasteiger partial charge in [0.05, 0.1) is 23.6 Å². The van der Waals surface area contributed by atoms with Crippen LogP contribution in [-0.4, -0.2) is 24.0 Å². The average molecular weight is 286 g/mol. The van der Waals surface area contributed by atoms with Crippen LogP contribution in [0, 0.1) is 6.92 Å². The maximum absolute atomic E-state index is 12.7. The highest BCUT2D eigenvalue weighted by molar-refractivity contribution is 6.10. The number of nitrogens with one attached hydrogen (secondary N) is 2. The Hall–Kier alpha value is -1.97. The van der Waals surface area contributed by atoms with Crippen LogP contribution in [-0.2, 0) is 0 Å². The summed E-state index contributed by atoms with van der Waals surface area (Å²) >= 11 is 0. The van der Waals surface area contributed by atoms with E-state index in [-0.39, 0.29) is 5.91 Å². The molecule has 1 heterocycles. The fourth-order valence-corrected chi connectivity index (χ4v) is 3.30. The maximum Gasteiger partial charge on any atom is 0.254 e. The highest BCUT2D eigenvalue weighted by Crippen LogP contribution is 2.31. The Morgan fingerprint density at radius 3 is 2.76 bits per heavy atom. The predicted octanol–water partition coefficient (Wildman–Crippen LogP) is 3.55. The van der Waals surface area contributed by atoms with Crippen molar-refractivity contribution < 1.29 is 9.53 Å². The van der Waals surface area contributed by atoms with Gasteiger partial charge < -0.3 is 15.0 Å². The van der Waals surface area contributed by atoms with Crippen LogP contribution in [0.25, 0.3) is 10.9 Å². The topological polar surface area (TPSA) is 54.1 Å². The third-order valence-electron chi connectivity index (χ3n) is 4.36. The van der Waals surface area contributed by atoms with Gasteiger partial charge in [-0.15, -0.1) is 0 Å². The van der Waals surface area contributed by atoms with Gasteiger partial charge in [0, 0.05) is 11.7 Å². The lowest BCUT2D eigenvalue weighted by Crippen LogP contribution is -2.36. The molecular weight excluding hydrogens is 264 g/mol. The van der Waals surface area contributed by atoms with Gasteiger partial charge in [-0.25, -0.2) is 0 Å². The number of aryl methyl sites for hydroxylation is 1. The van der Waals surface area contributed by atoms with E-state index in [4.69, 9.17) is 4.74 Å². The van der Waals surface area contributed by atoms with E-state index < -0.39 is 0 Å². The summed E-state index contributed by atoms with van der Waals surface area (Å²) in [7, 11) is 1.64. The van der Waals surface area contributed by atoms with Gasteiger partial charge in [-0.1, -0.05) is 25.3 Å². The molecule has 1 aromatic heterocycles. The summed E-state index contributed by atoms with van der Waals surface area (Å²) in [6.07, 6.45) is 5.88. The number of ether oxygens (including phenoxy) is 1. The monoisotopic (exact) mass is 286 g/mol. The summed E-state index contributed by atoms with van der Waals surface area (Å²) in [5, 5.41) is 4.07. The third-order valence-corrected chi connectivity index (χ3v) is 4.36. The molecule has 1 aromatic carbocycles. The van der Waals surface area contributed by atoms with Crippen molar-refractivity contribution in [3.63, 3.8) is 0 Å². The summed E-state index contributed by atoms with van der Waals surface area (Å²) in [6.45, 7) is 1.94. The van der Waals surface area contributed by atoms with Crippen molar-refractivity contribution in [2.75, 3.05) is 7.11 Å². The van der Waals surface area contributed by atoms with Gasteiger partial charge in [-0.05, 0) is 31.9 Å². The average Bonchev–Trinajstić information content (AvgIpc) is 2.84. The Labute approximate surface area is 124 Å². The first-order valence-electron chi connectivity index (χ1n) is 7.67. The normalized spacial score (nSPS) is 16.1. The van der Waals surface area contributed by atoms with Gasteiger partial charge in [-0.2, -0.15) is 0 Å². The second-order valence-corrected chi connectivity index (χ2v) is 5.82. The highest BCUT2D eigenvalue weighted by Gasteiger charge is 2.22. The number of aromatic nitrogens is 1. The molecule has 0 radical (unpaired) electrons. The molecule has 0 unspecified atom stereocenters. The molecule has 21 heavy (non-hydrogen) atoms. The molecule has 1 fully saturated rings. The fraction of sp³-hybridized carbons (Fsp3) is 0.471. The zero-order chi connectivity index (χ0) is 14.8. The summed E-state index contributed by atoms with van der Waals surface area (Å²) in [6, 6.07) is 6.11.